The molecule has 0 aromatic heterocycles. The number of hydrogen-bond donors (Lipinski definition) is 0. The van der Waals surface area contributed by atoms with Crippen LogP contribution in [0.1, 0.15) is 38.2 Å². The minimum absolute atomic E-state index is 0.264. The predicted octanol–water partition coefficient (Wildman–Crippen LogP) is 4.43. The van der Waals surface area contributed by atoms with Gasteiger partial charge in [0.05, 0.1) is 7.11 Å². The molecule has 2 heteroatoms. The first-order valence-electron chi connectivity index (χ1n) is 6.03. The van der Waals surface area contributed by atoms with Gasteiger partial charge in [-0.2, -0.15) is 0 Å². The van der Waals surface area contributed by atoms with E-state index in [4.69, 9.17) is 16.3 Å². The van der Waals surface area contributed by atoms with E-state index in [1.807, 2.05) is 12.1 Å². The maximum Gasteiger partial charge on any atom is 0.118 e. The van der Waals surface area contributed by atoms with Crippen LogP contribution in [-0.2, 0) is 6.42 Å². The Balaban J connectivity index is 2.34. The summed E-state index contributed by atoms with van der Waals surface area (Å²) in [6.45, 7) is 2.21. The maximum atomic E-state index is 6.29. The average molecular weight is 241 g/mol. The van der Waals surface area contributed by atoms with Crippen LogP contribution >= 0.6 is 11.6 Å². The summed E-state index contributed by atoms with van der Waals surface area (Å²) in [6.07, 6.45) is 5.84. The zero-order valence-corrected chi connectivity index (χ0v) is 11.0. The summed E-state index contributed by atoms with van der Waals surface area (Å²) in [6, 6.07) is 8.16. The third-order valence-electron chi connectivity index (χ3n) is 2.74. The molecular weight excluding hydrogens is 220 g/mol. The molecule has 1 unspecified atom stereocenters. The van der Waals surface area contributed by atoms with Crippen molar-refractivity contribution in [3.05, 3.63) is 29.8 Å². The Morgan fingerprint density at radius 1 is 1.19 bits per heavy atom. The van der Waals surface area contributed by atoms with Crippen molar-refractivity contribution in [2.45, 2.75) is 44.4 Å². The van der Waals surface area contributed by atoms with E-state index in [1.165, 1.54) is 24.8 Å². The second kappa shape index (κ2) is 7.56. The summed E-state index contributed by atoms with van der Waals surface area (Å²) in [7, 11) is 1.68. The Labute approximate surface area is 104 Å². The SMILES string of the molecule is CCCCCC(Cl)Cc1ccc(OC)cc1. The number of methoxy groups -OCH3 is 1. The van der Waals surface area contributed by atoms with Gasteiger partial charge in [0.2, 0.25) is 0 Å². The molecule has 0 aliphatic carbocycles. The molecule has 0 radical (unpaired) electrons. The Morgan fingerprint density at radius 3 is 2.44 bits per heavy atom. The molecule has 1 aromatic rings. The van der Waals surface area contributed by atoms with Crippen LogP contribution in [0.15, 0.2) is 24.3 Å². The number of alkyl halides is 1. The first-order valence-corrected chi connectivity index (χ1v) is 6.47. The lowest BCUT2D eigenvalue weighted by Crippen LogP contribution is -2.03. The van der Waals surface area contributed by atoms with Crippen molar-refractivity contribution in [2.24, 2.45) is 0 Å². The number of unbranched alkanes of at least 4 members (excludes halogenated alkanes) is 2. The molecule has 16 heavy (non-hydrogen) atoms. The zero-order chi connectivity index (χ0) is 11.8. The summed E-state index contributed by atoms with van der Waals surface area (Å²) < 4.78 is 5.12. The van der Waals surface area contributed by atoms with Gasteiger partial charge in [0.25, 0.3) is 0 Å². The van der Waals surface area contributed by atoms with E-state index in [-0.39, 0.29) is 5.38 Å². The van der Waals surface area contributed by atoms with E-state index < -0.39 is 0 Å². The minimum atomic E-state index is 0.264. The topological polar surface area (TPSA) is 9.23 Å². The highest BCUT2D eigenvalue weighted by atomic mass is 35.5. The van der Waals surface area contributed by atoms with Crippen LogP contribution in [0.3, 0.4) is 0 Å². The van der Waals surface area contributed by atoms with Crippen LogP contribution in [-0.4, -0.2) is 12.5 Å². The fourth-order valence-electron chi connectivity index (χ4n) is 1.74. The van der Waals surface area contributed by atoms with Gasteiger partial charge in [-0.05, 0) is 30.5 Å². The third-order valence-corrected chi connectivity index (χ3v) is 3.11. The smallest absolute Gasteiger partial charge is 0.118 e. The van der Waals surface area contributed by atoms with Crippen LogP contribution < -0.4 is 4.74 Å². The lowest BCUT2D eigenvalue weighted by atomic mass is 10.1. The summed E-state index contributed by atoms with van der Waals surface area (Å²) in [4.78, 5) is 0. The van der Waals surface area contributed by atoms with Crippen molar-refractivity contribution >= 4 is 11.6 Å². The minimum Gasteiger partial charge on any atom is -0.497 e. The highest BCUT2D eigenvalue weighted by molar-refractivity contribution is 6.20. The van der Waals surface area contributed by atoms with E-state index in [0.29, 0.717) is 0 Å². The number of halogens is 1. The van der Waals surface area contributed by atoms with Crippen LogP contribution in [0.2, 0.25) is 0 Å². The standard InChI is InChI=1S/C14H21ClO/c1-3-4-5-6-13(15)11-12-7-9-14(16-2)10-8-12/h7-10,13H,3-6,11H2,1-2H3. The summed E-state index contributed by atoms with van der Waals surface area (Å²) >= 11 is 6.29. The monoisotopic (exact) mass is 240 g/mol. The van der Waals surface area contributed by atoms with Gasteiger partial charge in [0, 0.05) is 5.38 Å². The Hall–Kier alpha value is -0.690. The summed E-state index contributed by atoms with van der Waals surface area (Å²) in [5, 5.41) is 0.264. The lowest BCUT2D eigenvalue weighted by molar-refractivity contribution is 0.414. The summed E-state index contributed by atoms with van der Waals surface area (Å²) in [5.41, 5.74) is 1.29. The van der Waals surface area contributed by atoms with E-state index >= 15 is 0 Å². The highest BCUT2D eigenvalue weighted by Crippen LogP contribution is 2.17. The van der Waals surface area contributed by atoms with Crippen molar-refractivity contribution in [3.8, 4) is 5.75 Å². The molecule has 0 amide bonds. The molecule has 0 spiro atoms. The number of benzene rings is 1. The quantitative estimate of drug-likeness (QED) is 0.506. The molecule has 1 nitrogen and oxygen atoms in total. The van der Waals surface area contributed by atoms with Crippen LogP contribution in [0, 0.1) is 0 Å². The normalized spacial score (nSPS) is 12.4. The molecular formula is C14H21ClO. The molecule has 0 saturated heterocycles. The van der Waals surface area contributed by atoms with Crippen molar-refractivity contribution in [3.63, 3.8) is 0 Å². The van der Waals surface area contributed by atoms with Gasteiger partial charge in [-0.25, -0.2) is 0 Å². The van der Waals surface area contributed by atoms with E-state index in [0.717, 1.165) is 18.6 Å². The van der Waals surface area contributed by atoms with Gasteiger partial charge in [0.15, 0.2) is 0 Å². The van der Waals surface area contributed by atoms with Gasteiger partial charge < -0.3 is 4.74 Å². The van der Waals surface area contributed by atoms with E-state index in [1.54, 1.807) is 7.11 Å². The second-order valence-corrected chi connectivity index (χ2v) is 4.76. The molecule has 1 atom stereocenters. The Bertz CT molecular complexity index is 281. The van der Waals surface area contributed by atoms with Gasteiger partial charge in [-0.3, -0.25) is 0 Å². The molecule has 0 aliphatic heterocycles. The van der Waals surface area contributed by atoms with E-state index in [2.05, 4.69) is 19.1 Å². The average Bonchev–Trinajstić information content (AvgIpc) is 2.30. The van der Waals surface area contributed by atoms with Gasteiger partial charge in [-0.15, -0.1) is 11.6 Å². The van der Waals surface area contributed by atoms with Crippen molar-refractivity contribution in [1.82, 2.24) is 0 Å². The first kappa shape index (κ1) is 13.4. The summed E-state index contributed by atoms with van der Waals surface area (Å²) in [5.74, 6) is 0.904. The number of rotatable bonds is 7. The lowest BCUT2D eigenvalue weighted by Gasteiger charge is -2.09. The Kier molecular flexibility index (Phi) is 6.32. The van der Waals surface area contributed by atoms with Crippen molar-refractivity contribution in [2.75, 3.05) is 7.11 Å². The maximum absolute atomic E-state index is 6.29. The number of hydrogen-bond acceptors (Lipinski definition) is 1. The zero-order valence-electron chi connectivity index (χ0n) is 10.2. The van der Waals surface area contributed by atoms with E-state index in [9.17, 15) is 0 Å². The number of ether oxygens (including phenoxy) is 1. The van der Waals surface area contributed by atoms with Crippen molar-refractivity contribution < 1.29 is 4.74 Å². The second-order valence-electron chi connectivity index (χ2n) is 4.15. The Morgan fingerprint density at radius 2 is 1.88 bits per heavy atom. The van der Waals surface area contributed by atoms with Crippen LogP contribution in [0.4, 0.5) is 0 Å². The van der Waals surface area contributed by atoms with Crippen LogP contribution in [0.5, 0.6) is 5.75 Å². The van der Waals surface area contributed by atoms with Crippen molar-refractivity contribution in [1.29, 1.82) is 0 Å². The van der Waals surface area contributed by atoms with Crippen LogP contribution in [0.25, 0.3) is 0 Å². The molecule has 0 aliphatic rings. The molecule has 1 aromatic carbocycles. The predicted molar refractivity (Wildman–Crippen MR) is 70.5 cm³/mol. The molecule has 0 bridgehead atoms. The molecule has 0 N–H and O–H groups in total. The van der Waals surface area contributed by atoms with Gasteiger partial charge in [0.1, 0.15) is 5.75 Å². The molecule has 1 rings (SSSR count). The molecule has 90 valence electrons. The van der Waals surface area contributed by atoms with Gasteiger partial charge in [-0.1, -0.05) is 38.3 Å². The fraction of sp³-hybridized carbons (Fsp3) is 0.571. The third kappa shape index (κ3) is 4.89. The molecule has 0 saturated carbocycles. The largest absolute Gasteiger partial charge is 0.497 e. The highest BCUT2D eigenvalue weighted by Gasteiger charge is 2.05. The fourth-order valence-corrected chi connectivity index (χ4v) is 2.07. The first-order chi connectivity index (χ1) is 7.76. The molecule has 0 fully saturated rings. The van der Waals surface area contributed by atoms with Gasteiger partial charge >= 0.3 is 0 Å². The molecule has 0 heterocycles.